The van der Waals surface area contributed by atoms with E-state index in [1.165, 1.54) is 11.3 Å². The van der Waals surface area contributed by atoms with Crippen LogP contribution in [0.5, 0.6) is 0 Å². The van der Waals surface area contributed by atoms with E-state index in [1.54, 1.807) is 0 Å². The second-order valence-corrected chi connectivity index (χ2v) is 3.77. The topological polar surface area (TPSA) is 87.1 Å². The minimum Gasteiger partial charge on any atom is -0.396 e. The zero-order chi connectivity index (χ0) is 10.4. The molecule has 7 heteroatoms. The predicted molar refractivity (Wildman–Crippen MR) is 53.4 cm³/mol. The third-order valence-corrected chi connectivity index (χ3v) is 2.12. The van der Waals surface area contributed by atoms with Gasteiger partial charge in [0, 0.05) is 13.2 Å². The Labute approximate surface area is 85.4 Å². The van der Waals surface area contributed by atoms with E-state index in [1.807, 2.05) is 6.92 Å². The summed E-state index contributed by atoms with van der Waals surface area (Å²) in [4.78, 5) is 11.1. The lowest BCUT2D eigenvalue weighted by Crippen LogP contribution is -2.29. The van der Waals surface area contributed by atoms with E-state index in [4.69, 9.17) is 5.11 Å². The molecule has 2 amide bonds. The number of nitrogens with zero attached hydrogens (tertiary/aromatic N) is 2. The van der Waals surface area contributed by atoms with Crippen molar-refractivity contribution in [3.8, 4) is 0 Å². The number of carbonyl (C=O) groups is 1. The molecule has 3 N–H and O–H groups in total. The summed E-state index contributed by atoms with van der Waals surface area (Å²) in [6, 6.07) is -0.324. The zero-order valence-electron chi connectivity index (χ0n) is 7.78. The van der Waals surface area contributed by atoms with Crippen molar-refractivity contribution in [2.45, 2.75) is 13.3 Å². The van der Waals surface area contributed by atoms with Crippen molar-refractivity contribution in [3.63, 3.8) is 0 Å². The predicted octanol–water partition coefficient (Wildman–Crippen LogP) is 0.350. The number of aliphatic hydroxyl groups excluding tert-OH is 1. The maximum atomic E-state index is 11.1. The molecule has 0 aromatic carbocycles. The maximum absolute atomic E-state index is 11.1. The SMILES string of the molecule is Cc1nnc(NC(=O)NCCCO)s1. The molecule has 0 aliphatic heterocycles. The van der Waals surface area contributed by atoms with Crippen LogP contribution >= 0.6 is 11.3 Å². The van der Waals surface area contributed by atoms with Crippen molar-refractivity contribution in [2.24, 2.45) is 0 Å². The van der Waals surface area contributed by atoms with Crippen LogP contribution in [0.1, 0.15) is 11.4 Å². The summed E-state index contributed by atoms with van der Waals surface area (Å²) in [5.41, 5.74) is 0. The number of aromatic nitrogens is 2. The smallest absolute Gasteiger partial charge is 0.321 e. The maximum Gasteiger partial charge on any atom is 0.321 e. The highest BCUT2D eigenvalue weighted by Crippen LogP contribution is 2.12. The fraction of sp³-hybridized carbons (Fsp3) is 0.571. The standard InChI is InChI=1S/C7H12N4O2S/c1-5-10-11-7(14-5)9-6(13)8-3-2-4-12/h12H,2-4H2,1H3,(H2,8,9,11,13). The molecule has 0 radical (unpaired) electrons. The summed E-state index contributed by atoms with van der Waals surface area (Å²) in [5.74, 6) is 0. The summed E-state index contributed by atoms with van der Waals surface area (Å²) in [5, 5.41) is 22.3. The molecule has 0 saturated heterocycles. The Morgan fingerprint density at radius 3 is 2.93 bits per heavy atom. The van der Waals surface area contributed by atoms with Gasteiger partial charge in [-0.25, -0.2) is 4.79 Å². The van der Waals surface area contributed by atoms with Crippen molar-refractivity contribution < 1.29 is 9.90 Å². The molecule has 0 saturated carbocycles. The summed E-state index contributed by atoms with van der Waals surface area (Å²) >= 11 is 1.31. The van der Waals surface area contributed by atoms with Gasteiger partial charge in [-0.05, 0) is 13.3 Å². The van der Waals surface area contributed by atoms with Gasteiger partial charge >= 0.3 is 6.03 Å². The number of urea groups is 1. The molecule has 0 aliphatic carbocycles. The fourth-order valence-corrected chi connectivity index (χ4v) is 1.36. The van der Waals surface area contributed by atoms with Gasteiger partial charge in [-0.2, -0.15) is 0 Å². The average Bonchev–Trinajstić information content (AvgIpc) is 2.52. The number of rotatable bonds is 4. The molecule has 1 aromatic heterocycles. The number of aliphatic hydroxyl groups is 1. The Morgan fingerprint density at radius 1 is 1.57 bits per heavy atom. The van der Waals surface area contributed by atoms with Gasteiger partial charge in [0.15, 0.2) is 0 Å². The van der Waals surface area contributed by atoms with Crippen molar-refractivity contribution >= 4 is 22.5 Å². The monoisotopic (exact) mass is 216 g/mol. The van der Waals surface area contributed by atoms with Crippen LogP contribution in [-0.4, -0.2) is 34.5 Å². The number of hydrogen-bond acceptors (Lipinski definition) is 5. The summed E-state index contributed by atoms with van der Waals surface area (Å²) in [6.07, 6.45) is 0.544. The molecule has 78 valence electrons. The quantitative estimate of drug-likeness (QED) is 0.634. The number of anilines is 1. The first-order valence-electron chi connectivity index (χ1n) is 4.18. The lowest BCUT2D eigenvalue weighted by molar-refractivity contribution is 0.249. The summed E-state index contributed by atoms with van der Waals surface area (Å²) in [7, 11) is 0. The van der Waals surface area contributed by atoms with Crippen molar-refractivity contribution in [1.29, 1.82) is 0 Å². The number of nitrogens with one attached hydrogen (secondary N) is 2. The van der Waals surface area contributed by atoms with Crippen molar-refractivity contribution in [1.82, 2.24) is 15.5 Å². The first-order valence-corrected chi connectivity index (χ1v) is 5.00. The molecular weight excluding hydrogens is 204 g/mol. The molecule has 0 atom stereocenters. The Balaban J connectivity index is 2.27. The van der Waals surface area contributed by atoms with Gasteiger partial charge in [-0.1, -0.05) is 11.3 Å². The highest BCUT2D eigenvalue weighted by Gasteiger charge is 2.04. The van der Waals surface area contributed by atoms with Crippen LogP contribution < -0.4 is 10.6 Å². The van der Waals surface area contributed by atoms with E-state index in [9.17, 15) is 4.79 Å². The molecule has 1 heterocycles. The van der Waals surface area contributed by atoms with E-state index in [0.29, 0.717) is 18.1 Å². The van der Waals surface area contributed by atoms with Gasteiger partial charge < -0.3 is 10.4 Å². The largest absolute Gasteiger partial charge is 0.396 e. The van der Waals surface area contributed by atoms with Gasteiger partial charge in [0.2, 0.25) is 5.13 Å². The van der Waals surface area contributed by atoms with Gasteiger partial charge in [-0.15, -0.1) is 10.2 Å². The van der Waals surface area contributed by atoms with Crippen LogP contribution in [0.4, 0.5) is 9.93 Å². The lowest BCUT2D eigenvalue weighted by atomic mass is 10.4. The Morgan fingerprint density at radius 2 is 2.36 bits per heavy atom. The minimum absolute atomic E-state index is 0.0677. The van der Waals surface area contributed by atoms with Gasteiger partial charge in [-0.3, -0.25) is 5.32 Å². The Bertz CT molecular complexity index is 302. The van der Waals surface area contributed by atoms with Crippen LogP contribution in [0, 0.1) is 6.92 Å². The summed E-state index contributed by atoms with van der Waals surface area (Å²) < 4.78 is 0. The Kier molecular flexibility index (Phi) is 4.27. The molecule has 0 unspecified atom stereocenters. The zero-order valence-corrected chi connectivity index (χ0v) is 8.60. The van der Waals surface area contributed by atoms with Crippen molar-refractivity contribution in [2.75, 3.05) is 18.5 Å². The molecule has 0 fully saturated rings. The molecule has 0 spiro atoms. The molecular formula is C7H12N4O2S. The second-order valence-electron chi connectivity index (χ2n) is 2.58. The van der Waals surface area contributed by atoms with Crippen LogP contribution in [0.3, 0.4) is 0 Å². The summed E-state index contributed by atoms with van der Waals surface area (Å²) in [6.45, 7) is 2.32. The third-order valence-electron chi connectivity index (χ3n) is 1.37. The highest BCUT2D eigenvalue weighted by atomic mass is 32.1. The average molecular weight is 216 g/mol. The highest BCUT2D eigenvalue weighted by molar-refractivity contribution is 7.15. The molecule has 6 nitrogen and oxygen atoms in total. The fourth-order valence-electron chi connectivity index (χ4n) is 0.769. The number of carbonyl (C=O) groups excluding carboxylic acids is 1. The Hall–Kier alpha value is -1.21. The molecule has 1 rings (SSSR count). The molecule has 1 aromatic rings. The third kappa shape index (κ3) is 3.67. The lowest BCUT2D eigenvalue weighted by Gasteiger charge is -2.02. The van der Waals surface area contributed by atoms with Crippen LogP contribution in [0.15, 0.2) is 0 Å². The second kappa shape index (κ2) is 5.51. The normalized spacial score (nSPS) is 9.86. The van der Waals surface area contributed by atoms with E-state index >= 15 is 0 Å². The van der Waals surface area contributed by atoms with Crippen LogP contribution in [0.2, 0.25) is 0 Å². The molecule has 14 heavy (non-hydrogen) atoms. The number of amides is 2. The number of aryl methyl sites for hydroxylation is 1. The van der Waals surface area contributed by atoms with E-state index < -0.39 is 0 Å². The van der Waals surface area contributed by atoms with Gasteiger partial charge in [0.1, 0.15) is 5.01 Å². The number of hydrogen-bond donors (Lipinski definition) is 3. The van der Waals surface area contributed by atoms with Crippen LogP contribution in [0.25, 0.3) is 0 Å². The van der Waals surface area contributed by atoms with Gasteiger partial charge in [0.05, 0.1) is 0 Å². The molecule has 0 bridgehead atoms. The van der Waals surface area contributed by atoms with Crippen molar-refractivity contribution in [3.05, 3.63) is 5.01 Å². The first-order chi connectivity index (χ1) is 6.72. The van der Waals surface area contributed by atoms with Gasteiger partial charge in [0.25, 0.3) is 0 Å². The van der Waals surface area contributed by atoms with E-state index in [0.717, 1.165) is 5.01 Å². The van der Waals surface area contributed by atoms with E-state index in [-0.39, 0.29) is 12.6 Å². The van der Waals surface area contributed by atoms with Crippen LogP contribution in [-0.2, 0) is 0 Å². The van der Waals surface area contributed by atoms with E-state index in [2.05, 4.69) is 20.8 Å². The first kappa shape index (κ1) is 10.9. The molecule has 0 aliphatic rings. The minimum atomic E-state index is -0.324.